The molecule has 1 aliphatic carbocycles. The molecular formula is C26H28N8O. The van der Waals surface area contributed by atoms with Crippen molar-refractivity contribution in [3.05, 3.63) is 71.9 Å². The molecule has 5 heterocycles. The van der Waals surface area contributed by atoms with Gasteiger partial charge in [0.05, 0.1) is 17.7 Å². The van der Waals surface area contributed by atoms with Gasteiger partial charge < -0.3 is 15.5 Å². The molecule has 0 atom stereocenters. The highest BCUT2D eigenvalue weighted by Gasteiger charge is 2.37. The summed E-state index contributed by atoms with van der Waals surface area (Å²) in [6, 6.07) is 11.7. The number of hydrogen-bond donors (Lipinski definition) is 2. The van der Waals surface area contributed by atoms with Crippen molar-refractivity contribution in [2.75, 3.05) is 13.1 Å². The third-order valence-corrected chi connectivity index (χ3v) is 6.89. The summed E-state index contributed by atoms with van der Waals surface area (Å²) >= 11 is 0. The number of benzene rings is 1. The molecule has 2 bridgehead atoms. The summed E-state index contributed by atoms with van der Waals surface area (Å²) in [5.74, 6) is 3.76. The summed E-state index contributed by atoms with van der Waals surface area (Å²) in [7, 11) is 0. The zero-order valence-electron chi connectivity index (χ0n) is 19.6. The normalized spacial score (nSPS) is 20.4. The fourth-order valence-electron chi connectivity index (χ4n) is 5.24. The maximum Gasteiger partial charge on any atom is 0.178 e. The number of fused-ring (bicyclic) bond motifs is 3. The number of nitrogens with one attached hydrogen (secondary N) is 1. The molecule has 0 radical (unpaired) electrons. The van der Waals surface area contributed by atoms with Crippen molar-refractivity contribution in [1.29, 1.82) is 0 Å². The number of piperidine rings is 2. The van der Waals surface area contributed by atoms with Gasteiger partial charge in [0, 0.05) is 38.1 Å². The van der Waals surface area contributed by atoms with E-state index < -0.39 is 0 Å². The van der Waals surface area contributed by atoms with E-state index in [4.69, 9.17) is 15.5 Å². The van der Waals surface area contributed by atoms with Crippen LogP contribution < -0.4 is 10.5 Å². The Labute approximate surface area is 203 Å². The highest BCUT2D eigenvalue weighted by molar-refractivity contribution is 6.03. The number of ether oxygens (including phenoxy) is 1. The van der Waals surface area contributed by atoms with E-state index in [1.807, 2.05) is 49.6 Å². The Hall–Kier alpha value is -3.98. The molecule has 3 aliphatic rings. The van der Waals surface area contributed by atoms with Crippen LogP contribution in [0.15, 0.2) is 65.1 Å². The lowest BCUT2D eigenvalue weighted by atomic mass is 9.71. The lowest BCUT2D eigenvalue weighted by Gasteiger charge is -2.47. The van der Waals surface area contributed by atoms with Crippen LogP contribution in [0.4, 0.5) is 5.69 Å². The summed E-state index contributed by atoms with van der Waals surface area (Å²) in [6.45, 7) is 5.25. The Morgan fingerprint density at radius 3 is 2.86 bits per heavy atom. The number of aryl methyl sites for hydroxylation is 1. The molecule has 178 valence electrons. The van der Waals surface area contributed by atoms with E-state index in [0.29, 0.717) is 11.6 Å². The zero-order chi connectivity index (χ0) is 23.8. The van der Waals surface area contributed by atoms with Gasteiger partial charge in [-0.1, -0.05) is 0 Å². The number of hydrogen-bond acceptors (Lipinski definition) is 5. The monoisotopic (exact) mass is 468 g/mol. The summed E-state index contributed by atoms with van der Waals surface area (Å²) < 4.78 is 7.79. The predicted molar refractivity (Wildman–Crippen MR) is 135 cm³/mol. The molecule has 7 rings (SSSR count). The maximum absolute atomic E-state index is 6.09. The van der Waals surface area contributed by atoms with Crippen LogP contribution in [-0.2, 0) is 6.54 Å². The van der Waals surface area contributed by atoms with Crippen LogP contribution in [0, 0.1) is 18.8 Å². The molecule has 0 spiro atoms. The molecule has 4 aromatic rings. The van der Waals surface area contributed by atoms with Gasteiger partial charge in [0.15, 0.2) is 11.5 Å². The van der Waals surface area contributed by atoms with Crippen molar-refractivity contribution in [2.24, 2.45) is 27.6 Å². The van der Waals surface area contributed by atoms with Gasteiger partial charge >= 0.3 is 0 Å². The lowest BCUT2D eigenvalue weighted by molar-refractivity contribution is 0.0228. The van der Waals surface area contributed by atoms with Crippen molar-refractivity contribution in [2.45, 2.75) is 26.3 Å². The maximum atomic E-state index is 6.09. The molecule has 9 heteroatoms. The van der Waals surface area contributed by atoms with Crippen LogP contribution in [-0.4, -0.2) is 49.7 Å². The first-order chi connectivity index (χ1) is 17.1. The fraction of sp³-hybridized carbons (Fsp3) is 0.308. The standard InChI is InChI=1S/C26H28N8O/c1-17-8-21(2-3-23(17)35-22-5-7-34-24(11-22)30-16-31-34)32-26(29-15-27)25-20(4-6-28-25)14-33-12-18-9-19(10-18)13-33/h2-8,11,15-16,18-19,28H,9-10,12-14H2,1H3,(H2,27,29,32). The topological polar surface area (TPSA) is 109 Å². The van der Waals surface area contributed by atoms with E-state index in [1.165, 1.54) is 44.2 Å². The molecular weight excluding hydrogens is 440 g/mol. The first-order valence-electron chi connectivity index (χ1n) is 11.9. The Morgan fingerprint density at radius 2 is 2.06 bits per heavy atom. The summed E-state index contributed by atoms with van der Waals surface area (Å²) in [5.41, 5.74) is 10.3. The van der Waals surface area contributed by atoms with Crippen LogP contribution in [0.1, 0.15) is 29.7 Å². The molecule has 2 aliphatic heterocycles. The third kappa shape index (κ3) is 4.42. The van der Waals surface area contributed by atoms with Gasteiger partial charge in [0.25, 0.3) is 0 Å². The van der Waals surface area contributed by atoms with E-state index in [0.717, 1.165) is 46.7 Å². The number of aromatic nitrogens is 4. The fourth-order valence-corrected chi connectivity index (χ4v) is 5.24. The van der Waals surface area contributed by atoms with Crippen molar-refractivity contribution in [3.8, 4) is 11.5 Å². The van der Waals surface area contributed by atoms with E-state index in [1.54, 1.807) is 4.52 Å². The van der Waals surface area contributed by atoms with Crippen LogP contribution >= 0.6 is 0 Å². The van der Waals surface area contributed by atoms with Crippen molar-refractivity contribution < 1.29 is 4.74 Å². The third-order valence-electron chi connectivity index (χ3n) is 6.89. The van der Waals surface area contributed by atoms with Crippen molar-refractivity contribution in [1.82, 2.24) is 24.5 Å². The molecule has 1 aromatic carbocycles. The number of aliphatic imine (C=N–C) groups is 2. The molecule has 3 fully saturated rings. The number of H-pyrrole nitrogens is 1. The van der Waals surface area contributed by atoms with Crippen LogP contribution in [0.3, 0.4) is 0 Å². The number of pyridine rings is 1. The average molecular weight is 469 g/mol. The number of nitrogens with two attached hydrogens (primary N) is 1. The highest BCUT2D eigenvalue weighted by atomic mass is 16.5. The average Bonchev–Trinajstić information content (AvgIpc) is 3.49. The van der Waals surface area contributed by atoms with E-state index in [-0.39, 0.29) is 0 Å². The zero-order valence-corrected chi connectivity index (χ0v) is 19.6. The van der Waals surface area contributed by atoms with Gasteiger partial charge in [0.1, 0.15) is 17.8 Å². The molecule has 0 amide bonds. The van der Waals surface area contributed by atoms with E-state index >= 15 is 0 Å². The number of amidine groups is 1. The van der Waals surface area contributed by atoms with Crippen LogP contribution in [0.2, 0.25) is 0 Å². The molecule has 1 saturated carbocycles. The van der Waals surface area contributed by atoms with E-state index in [9.17, 15) is 0 Å². The predicted octanol–water partition coefficient (Wildman–Crippen LogP) is 4.07. The van der Waals surface area contributed by atoms with Crippen LogP contribution in [0.25, 0.3) is 5.65 Å². The lowest BCUT2D eigenvalue weighted by Crippen LogP contribution is -2.48. The minimum absolute atomic E-state index is 0.569. The quantitative estimate of drug-likeness (QED) is 0.328. The molecule has 35 heavy (non-hydrogen) atoms. The van der Waals surface area contributed by atoms with Crippen LogP contribution in [0.5, 0.6) is 11.5 Å². The Morgan fingerprint density at radius 1 is 1.20 bits per heavy atom. The second-order valence-electron chi connectivity index (χ2n) is 9.47. The van der Waals surface area contributed by atoms with Gasteiger partial charge in [-0.25, -0.2) is 19.5 Å². The first-order valence-corrected chi connectivity index (χ1v) is 11.9. The van der Waals surface area contributed by atoms with Crippen molar-refractivity contribution in [3.63, 3.8) is 0 Å². The molecule has 3 N–H and O–H groups in total. The SMILES string of the molecule is Cc1cc(N=C(N=CN)c2[nH]ccc2CN2CC3CC(C3)C2)ccc1Oc1ccn2ncnc2c1. The molecule has 3 aromatic heterocycles. The minimum atomic E-state index is 0.569. The Bertz CT molecular complexity index is 1400. The largest absolute Gasteiger partial charge is 0.457 e. The second kappa shape index (κ2) is 8.99. The van der Waals surface area contributed by atoms with Gasteiger partial charge in [0.2, 0.25) is 0 Å². The second-order valence-corrected chi connectivity index (χ2v) is 9.47. The van der Waals surface area contributed by atoms with Gasteiger partial charge in [-0.3, -0.25) is 4.90 Å². The summed E-state index contributed by atoms with van der Waals surface area (Å²) in [6.07, 6.45) is 9.38. The minimum Gasteiger partial charge on any atom is -0.457 e. The Balaban J connectivity index is 1.23. The number of aromatic amines is 1. The molecule has 0 unspecified atom stereocenters. The molecule has 9 nitrogen and oxygen atoms in total. The summed E-state index contributed by atoms with van der Waals surface area (Å²) in [5, 5.41) is 4.11. The number of rotatable bonds is 6. The van der Waals surface area contributed by atoms with Gasteiger partial charge in [-0.2, -0.15) is 5.10 Å². The Kier molecular flexibility index (Phi) is 5.54. The first kappa shape index (κ1) is 21.5. The van der Waals surface area contributed by atoms with E-state index in [2.05, 4.69) is 31.0 Å². The summed E-state index contributed by atoms with van der Waals surface area (Å²) in [4.78, 5) is 19.3. The van der Waals surface area contributed by atoms with Crippen molar-refractivity contribution >= 4 is 23.5 Å². The highest BCUT2D eigenvalue weighted by Crippen LogP contribution is 2.40. The smallest absolute Gasteiger partial charge is 0.178 e. The van der Waals surface area contributed by atoms with Gasteiger partial charge in [-0.05, 0) is 73.1 Å². The molecule has 2 saturated heterocycles. The number of nitrogens with zero attached hydrogens (tertiary/aromatic N) is 6. The van der Waals surface area contributed by atoms with Gasteiger partial charge in [-0.15, -0.1) is 0 Å².